The van der Waals surface area contributed by atoms with Crippen LogP contribution in [-0.4, -0.2) is 50.8 Å². The van der Waals surface area contributed by atoms with Gasteiger partial charge in [0.05, 0.1) is 18.7 Å². The first-order valence-corrected chi connectivity index (χ1v) is 13.1. The van der Waals surface area contributed by atoms with E-state index in [4.69, 9.17) is 26.8 Å². The molecule has 0 saturated carbocycles. The zero-order valence-corrected chi connectivity index (χ0v) is 22.0. The van der Waals surface area contributed by atoms with Crippen molar-refractivity contribution in [2.24, 2.45) is 5.73 Å². The maximum atomic E-state index is 6.26. The SMILES string of the molecule is COc1cc(N2CCN3C(CCC[C@@H]3c3ccc(OCCCN/C=C\N)c(C)c3C)C2)ccc1Cl. The Bertz CT molecular complexity index is 1030. The Labute approximate surface area is 215 Å². The Balaban J connectivity index is 1.42. The number of nitrogens with zero attached hydrogens (tertiary/aromatic N) is 2. The van der Waals surface area contributed by atoms with Crippen molar-refractivity contribution in [1.29, 1.82) is 0 Å². The van der Waals surface area contributed by atoms with Crippen molar-refractivity contribution in [2.75, 3.05) is 44.8 Å². The highest BCUT2D eigenvalue weighted by Crippen LogP contribution is 2.40. The molecule has 2 fully saturated rings. The molecule has 1 unspecified atom stereocenters. The number of ether oxygens (including phenoxy) is 2. The predicted octanol–water partition coefficient (Wildman–Crippen LogP) is 5.17. The highest BCUT2D eigenvalue weighted by Gasteiger charge is 2.36. The lowest BCUT2D eigenvalue weighted by Crippen LogP contribution is -2.56. The minimum absolute atomic E-state index is 0.468. The maximum absolute atomic E-state index is 6.26. The van der Waals surface area contributed by atoms with Crippen LogP contribution in [0.15, 0.2) is 42.7 Å². The highest BCUT2D eigenvalue weighted by molar-refractivity contribution is 6.32. The summed E-state index contributed by atoms with van der Waals surface area (Å²) in [6.07, 6.45) is 7.91. The second-order valence-corrected chi connectivity index (χ2v) is 9.93. The van der Waals surface area contributed by atoms with Gasteiger partial charge in [-0.25, -0.2) is 0 Å². The fraction of sp³-hybridized carbons (Fsp3) is 0.500. The van der Waals surface area contributed by atoms with Crippen molar-refractivity contribution in [2.45, 2.75) is 51.6 Å². The number of rotatable bonds is 9. The van der Waals surface area contributed by atoms with Gasteiger partial charge in [-0.05, 0) is 74.4 Å². The van der Waals surface area contributed by atoms with Crippen molar-refractivity contribution < 1.29 is 9.47 Å². The van der Waals surface area contributed by atoms with Crippen molar-refractivity contribution in [3.05, 3.63) is 64.4 Å². The van der Waals surface area contributed by atoms with Crippen LogP contribution in [0.3, 0.4) is 0 Å². The predicted molar refractivity (Wildman–Crippen MR) is 145 cm³/mol. The summed E-state index contributed by atoms with van der Waals surface area (Å²) >= 11 is 6.26. The monoisotopic (exact) mass is 498 g/mol. The van der Waals surface area contributed by atoms with Crippen molar-refractivity contribution in [3.8, 4) is 11.5 Å². The number of nitrogens with one attached hydrogen (secondary N) is 1. The third kappa shape index (κ3) is 5.81. The molecular formula is C28H39ClN4O2. The van der Waals surface area contributed by atoms with Gasteiger partial charge in [0.15, 0.2) is 0 Å². The fourth-order valence-electron chi connectivity index (χ4n) is 5.51. The first kappa shape index (κ1) is 25.5. The summed E-state index contributed by atoms with van der Waals surface area (Å²) in [5, 5.41) is 3.80. The van der Waals surface area contributed by atoms with Crippen LogP contribution in [0.25, 0.3) is 0 Å². The first-order valence-electron chi connectivity index (χ1n) is 12.7. The molecule has 3 N–H and O–H groups in total. The number of piperidine rings is 1. The molecule has 6 nitrogen and oxygen atoms in total. The number of nitrogens with two attached hydrogens (primary N) is 1. The molecule has 190 valence electrons. The molecule has 2 aliphatic heterocycles. The Morgan fingerprint density at radius 1 is 1.11 bits per heavy atom. The summed E-state index contributed by atoms with van der Waals surface area (Å²) in [6, 6.07) is 11.6. The van der Waals surface area contributed by atoms with E-state index in [0.717, 1.165) is 44.1 Å². The third-order valence-electron chi connectivity index (χ3n) is 7.52. The van der Waals surface area contributed by atoms with Gasteiger partial charge in [-0.2, -0.15) is 0 Å². The van der Waals surface area contributed by atoms with E-state index in [9.17, 15) is 0 Å². The van der Waals surface area contributed by atoms with Gasteiger partial charge >= 0.3 is 0 Å². The quantitative estimate of drug-likeness (QED) is 0.465. The van der Waals surface area contributed by atoms with E-state index in [-0.39, 0.29) is 0 Å². The lowest BCUT2D eigenvalue weighted by atomic mass is 9.86. The molecule has 4 rings (SSSR count). The van der Waals surface area contributed by atoms with Gasteiger partial charge in [0.1, 0.15) is 11.5 Å². The number of piperazine rings is 1. The van der Waals surface area contributed by atoms with E-state index in [1.54, 1.807) is 13.3 Å². The Hall–Kier alpha value is -2.57. The zero-order valence-electron chi connectivity index (χ0n) is 21.2. The second kappa shape index (κ2) is 11.9. The number of hydrogen-bond acceptors (Lipinski definition) is 6. The molecule has 2 atom stereocenters. The second-order valence-electron chi connectivity index (χ2n) is 9.52. The minimum atomic E-state index is 0.468. The van der Waals surface area contributed by atoms with Gasteiger partial charge in [-0.15, -0.1) is 0 Å². The summed E-state index contributed by atoms with van der Waals surface area (Å²) in [6.45, 7) is 9.08. The van der Waals surface area contributed by atoms with E-state index < -0.39 is 0 Å². The highest BCUT2D eigenvalue weighted by atomic mass is 35.5. The number of halogens is 1. The zero-order chi connectivity index (χ0) is 24.8. The van der Waals surface area contributed by atoms with Crippen LogP contribution < -0.4 is 25.4 Å². The Morgan fingerprint density at radius 2 is 1.97 bits per heavy atom. The molecule has 0 aliphatic carbocycles. The maximum Gasteiger partial charge on any atom is 0.139 e. The van der Waals surface area contributed by atoms with Crippen LogP contribution >= 0.6 is 11.6 Å². The molecule has 35 heavy (non-hydrogen) atoms. The molecule has 2 aromatic rings. The average Bonchev–Trinajstić information content (AvgIpc) is 2.88. The molecule has 7 heteroatoms. The van der Waals surface area contributed by atoms with Crippen LogP contribution in [0.2, 0.25) is 5.02 Å². The normalized spacial score (nSPS) is 20.6. The fourth-order valence-corrected chi connectivity index (χ4v) is 5.70. The molecule has 2 saturated heterocycles. The summed E-state index contributed by atoms with van der Waals surface area (Å²) in [7, 11) is 1.67. The van der Waals surface area contributed by atoms with Gasteiger partial charge in [-0.3, -0.25) is 4.90 Å². The number of fused-ring (bicyclic) bond motifs is 1. The van der Waals surface area contributed by atoms with Gasteiger partial charge in [-0.1, -0.05) is 17.7 Å². The summed E-state index contributed by atoms with van der Waals surface area (Å²) in [5.41, 5.74) is 10.6. The molecule has 2 aliphatic rings. The largest absolute Gasteiger partial charge is 0.495 e. The Morgan fingerprint density at radius 3 is 2.77 bits per heavy atom. The number of hydrogen-bond donors (Lipinski definition) is 2. The summed E-state index contributed by atoms with van der Waals surface area (Å²) < 4.78 is 11.6. The van der Waals surface area contributed by atoms with E-state index in [1.165, 1.54) is 47.8 Å². The van der Waals surface area contributed by atoms with Crippen LogP contribution in [0.5, 0.6) is 11.5 Å². The molecule has 0 amide bonds. The molecule has 0 spiro atoms. The lowest BCUT2D eigenvalue weighted by molar-refractivity contribution is 0.0712. The van der Waals surface area contributed by atoms with Crippen molar-refractivity contribution in [1.82, 2.24) is 10.2 Å². The Kier molecular flexibility index (Phi) is 8.69. The lowest BCUT2D eigenvalue weighted by Gasteiger charge is -2.49. The molecule has 0 radical (unpaired) electrons. The van der Waals surface area contributed by atoms with Crippen molar-refractivity contribution in [3.63, 3.8) is 0 Å². The van der Waals surface area contributed by atoms with Gasteiger partial charge in [0.25, 0.3) is 0 Å². The molecule has 2 aromatic carbocycles. The van der Waals surface area contributed by atoms with Crippen LogP contribution in [0, 0.1) is 13.8 Å². The van der Waals surface area contributed by atoms with Gasteiger partial charge in [0.2, 0.25) is 0 Å². The topological polar surface area (TPSA) is 63.0 Å². The molecule has 0 aromatic heterocycles. The average molecular weight is 499 g/mol. The van der Waals surface area contributed by atoms with Gasteiger partial charge < -0.3 is 25.4 Å². The van der Waals surface area contributed by atoms with Crippen LogP contribution in [-0.2, 0) is 0 Å². The van der Waals surface area contributed by atoms with Crippen molar-refractivity contribution >= 4 is 17.3 Å². The number of methoxy groups -OCH3 is 1. The molecule has 2 heterocycles. The van der Waals surface area contributed by atoms with Crippen LogP contribution in [0.4, 0.5) is 5.69 Å². The summed E-state index contributed by atoms with van der Waals surface area (Å²) in [5.74, 6) is 1.74. The standard InChI is InChI=1S/C28H39ClN4O2/c1-20-21(2)27(35-17-5-13-31-14-12-30)11-9-24(20)26-7-4-6-23-19-32(15-16-33(23)26)22-8-10-25(29)28(18-22)34-3/h8-12,14,18,23,26,31H,4-7,13,15-17,19,30H2,1-3H3/b14-12-/t23?,26-/m1/s1. The van der Waals surface area contributed by atoms with E-state index in [0.29, 0.717) is 23.7 Å². The smallest absolute Gasteiger partial charge is 0.139 e. The first-order chi connectivity index (χ1) is 17.0. The number of anilines is 1. The summed E-state index contributed by atoms with van der Waals surface area (Å²) in [4.78, 5) is 5.22. The van der Waals surface area contributed by atoms with E-state index in [2.05, 4.69) is 53.2 Å². The minimum Gasteiger partial charge on any atom is -0.495 e. The molecule has 0 bridgehead atoms. The molecular weight excluding hydrogens is 460 g/mol. The van der Waals surface area contributed by atoms with E-state index >= 15 is 0 Å². The number of benzene rings is 2. The van der Waals surface area contributed by atoms with Crippen LogP contribution in [0.1, 0.15) is 48.4 Å². The van der Waals surface area contributed by atoms with Gasteiger partial charge in [0, 0.05) is 62.4 Å². The third-order valence-corrected chi connectivity index (χ3v) is 7.83. The van der Waals surface area contributed by atoms with E-state index in [1.807, 2.05) is 6.07 Å².